The zero-order valence-corrected chi connectivity index (χ0v) is 11.6. The molecule has 0 saturated heterocycles. The summed E-state index contributed by atoms with van der Waals surface area (Å²) in [5.74, 6) is 0.765. The molecule has 0 spiro atoms. The minimum absolute atomic E-state index is 0.000391. The molecule has 0 unspecified atom stereocenters. The van der Waals surface area contributed by atoms with Gasteiger partial charge in [-0.3, -0.25) is 0 Å². The Morgan fingerprint density at radius 3 is 2.68 bits per heavy atom. The van der Waals surface area contributed by atoms with E-state index in [1.165, 1.54) is 0 Å². The van der Waals surface area contributed by atoms with Crippen molar-refractivity contribution in [1.29, 1.82) is 0 Å². The molecule has 4 nitrogen and oxygen atoms in total. The first-order valence-electron chi connectivity index (χ1n) is 7.11. The first kappa shape index (κ1) is 14.2. The Bertz CT molecular complexity index is 401. The highest BCUT2D eigenvalue weighted by molar-refractivity contribution is 5.51. The topological polar surface area (TPSA) is 67.5 Å². The second kappa shape index (κ2) is 6.78. The summed E-state index contributed by atoms with van der Waals surface area (Å²) in [4.78, 5) is 0. The molecule has 4 heteroatoms. The van der Waals surface area contributed by atoms with Crippen LogP contribution in [-0.4, -0.2) is 23.8 Å². The Hall–Kier alpha value is -1.26. The fourth-order valence-corrected chi connectivity index (χ4v) is 2.59. The maximum absolute atomic E-state index is 9.39. The molecule has 1 fully saturated rings. The maximum Gasteiger partial charge on any atom is 0.124 e. The van der Waals surface area contributed by atoms with Crippen molar-refractivity contribution in [2.75, 3.05) is 11.9 Å². The van der Waals surface area contributed by atoms with Crippen LogP contribution in [0.1, 0.15) is 38.2 Å². The van der Waals surface area contributed by atoms with Gasteiger partial charge in [0.05, 0.1) is 13.2 Å². The monoisotopic (exact) mass is 264 g/mol. The van der Waals surface area contributed by atoms with Crippen molar-refractivity contribution in [3.8, 4) is 5.75 Å². The van der Waals surface area contributed by atoms with Gasteiger partial charge in [0, 0.05) is 23.3 Å². The number of hydrogen-bond donors (Lipinski definition) is 3. The number of benzene rings is 1. The highest BCUT2D eigenvalue weighted by Crippen LogP contribution is 2.26. The van der Waals surface area contributed by atoms with Crippen LogP contribution < -0.4 is 15.8 Å². The van der Waals surface area contributed by atoms with Crippen LogP contribution in [0, 0.1) is 0 Å². The molecule has 0 amide bonds. The molecule has 0 aliphatic heterocycles. The van der Waals surface area contributed by atoms with Crippen molar-refractivity contribution in [3.63, 3.8) is 0 Å². The Morgan fingerprint density at radius 2 is 2.05 bits per heavy atom. The zero-order chi connectivity index (χ0) is 13.7. The fourth-order valence-electron chi connectivity index (χ4n) is 2.59. The van der Waals surface area contributed by atoms with Crippen molar-refractivity contribution in [1.82, 2.24) is 0 Å². The van der Waals surface area contributed by atoms with Gasteiger partial charge in [-0.2, -0.15) is 0 Å². The lowest BCUT2D eigenvalue weighted by atomic mass is 9.91. The largest absolute Gasteiger partial charge is 0.494 e. The van der Waals surface area contributed by atoms with Gasteiger partial charge in [-0.05, 0) is 50.8 Å². The van der Waals surface area contributed by atoms with Crippen LogP contribution in [0.2, 0.25) is 0 Å². The van der Waals surface area contributed by atoms with Gasteiger partial charge in [-0.1, -0.05) is 0 Å². The highest BCUT2D eigenvalue weighted by Gasteiger charge is 2.18. The molecule has 1 aliphatic carbocycles. The summed E-state index contributed by atoms with van der Waals surface area (Å²) >= 11 is 0. The van der Waals surface area contributed by atoms with E-state index >= 15 is 0 Å². The minimum atomic E-state index is 0.000391. The molecule has 1 aromatic carbocycles. The second-order valence-corrected chi connectivity index (χ2v) is 5.17. The molecule has 1 saturated carbocycles. The molecule has 0 heterocycles. The molecule has 0 bridgehead atoms. The number of nitrogens with one attached hydrogen (secondary N) is 1. The van der Waals surface area contributed by atoms with Gasteiger partial charge >= 0.3 is 0 Å². The number of aliphatic hydroxyl groups is 1. The third kappa shape index (κ3) is 3.85. The van der Waals surface area contributed by atoms with Crippen molar-refractivity contribution in [3.05, 3.63) is 23.8 Å². The molecule has 0 atom stereocenters. The molecular weight excluding hydrogens is 240 g/mol. The van der Waals surface area contributed by atoms with Crippen LogP contribution in [-0.2, 0) is 6.61 Å². The molecule has 2 rings (SSSR count). The molecule has 4 N–H and O–H groups in total. The van der Waals surface area contributed by atoms with Crippen LogP contribution in [0.15, 0.2) is 18.2 Å². The number of hydrogen-bond acceptors (Lipinski definition) is 4. The Kier molecular flexibility index (Phi) is 5.05. The third-order valence-corrected chi connectivity index (χ3v) is 3.67. The molecular formula is C15H24N2O2. The van der Waals surface area contributed by atoms with Crippen molar-refractivity contribution >= 4 is 5.69 Å². The van der Waals surface area contributed by atoms with E-state index in [1.807, 2.05) is 25.1 Å². The Morgan fingerprint density at radius 1 is 1.32 bits per heavy atom. The minimum Gasteiger partial charge on any atom is -0.494 e. The van der Waals surface area contributed by atoms with E-state index in [0.717, 1.165) is 42.7 Å². The van der Waals surface area contributed by atoms with Gasteiger partial charge in [0.2, 0.25) is 0 Å². The standard InChI is InChI=1S/C15H24N2O2/c1-2-19-15-8-7-14(9-11(15)10-18)17-13-5-3-12(16)4-6-13/h7-9,12-13,17-18H,2-6,10,16H2,1H3. The smallest absolute Gasteiger partial charge is 0.124 e. The van der Waals surface area contributed by atoms with E-state index in [9.17, 15) is 5.11 Å². The summed E-state index contributed by atoms with van der Waals surface area (Å²) in [6.45, 7) is 2.55. The lowest BCUT2D eigenvalue weighted by molar-refractivity contribution is 0.267. The van der Waals surface area contributed by atoms with Crippen molar-refractivity contribution in [2.45, 2.75) is 51.3 Å². The first-order valence-corrected chi connectivity index (χ1v) is 7.11. The zero-order valence-electron chi connectivity index (χ0n) is 11.6. The predicted octanol–water partition coefficient (Wildman–Crippen LogP) is 2.26. The van der Waals surface area contributed by atoms with Crippen molar-refractivity contribution < 1.29 is 9.84 Å². The lowest BCUT2D eigenvalue weighted by Crippen LogP contribution is -2.32. The Labute approximate surface area is 115 Å². The van der Waals surface area contributed by atoms with E-state index in [0.29, 0.717) is 18.7 Å². The van der Waals surface area contributed by atoms with Crippen LogP contribution in [0.4, 0.5) is 5.69 Å². The summed E-state index contributed by atoms with van der Waals surface area (Å²) in [7, 11) is 0. The molecule has 1 aliphatic rings. The number of aliphatic hydroxyl groups excluding tert-OH is 1. The third-order valence-electron chi connectivity index (χ3n) is 3.67. The summed E-state index contributed by atoms with van der Waals surface area (Å²) in [5, 5.41) is 12.9. The fraction of sp³-hybridized carbons (Fsp3) is 0.600. The van der Waals surface area contributed by atoms with E-state index in [4.69, 9.17) is 10.5 Å². The van der Waals surface area contributed by atoms with Gasteiger partial charge in [-0.25, -0.2) is 0 Å². The van der Waals surface area contributed by atoms with Gasteiger partial charge in [0.1, 0.15) is 5.75 Å². The number of anilines is 1. The Balaban J connectivity index is 2.00. The molecule has 19 heavy (non-hydrogen) atoms. The molecule has 1 aromatic rings. The quantitative estimate of drug-likeness (QED) is 0.763. The van der Waals surface area contributed by atoms with Gasteiger partial charge in [0.25, 0.3) is 0 Å². The number of ether oxygens (including phenoxy) is 1. The van der Waals surface area contributed by atoms with Gasteiger partial charge < -0.3 is 20.9 Å². The van der Waals surface area contributed by atoms with E-state index < -0.39 is 0 Å². The normalized spacial score (nSPS) is 23.1. The van der Waals surface area contributed by atoms with E-state index in [2.05, 4.69) is 5.32 Å². The summed E-state index contributed by atoms with van der Waals surface area (Å²) in [6, 6.07) is 6.76. The molecule has 0 radical (unpaired) electrons. The van der Waals surface area contributed by atoms with Crippen LogP contribution in [0.5, 0.6) is 5.75 Å². The van der Waals surface area contributed by atoms with E-state index in [-0.39, 0.29) is 6.61 Å². The van der Waals surface area contributed by atoms with Crippen LogP contribution in [0.3, 0.4) is 0 Å². The van der Waals surface area contributed by atoms with Gasteiger partial charge in [0.15, 0.2) is 0 Å². The van der Waals surface area contributed by atoms with Gasteiger partial charge in [-0.15, -0.1) is 0 Å². The van der Waals surface area contributed by atoms with Crippen LogP contribution >= 0.6 is 0 Å². The van der Waals surface area contributed by atoms with Crippen molar-refractivity contribution in [2.24, 2.45) is 5.73 Å². The first-order chi connectivity index (χ1) is 9.22. The second-order valence-electron chi connectivity index (χ2n) is 5.17. The lowest BCUT2D eigenvalue weighted by Gasteiger charge is -2.28. The molecule has 0 aromatic heterocycles. The number of nitrogens with two attached hydrogens (primary N) is 1. The summed E-state index contributed by atoms with van der Waals surface area (Å²) < 4.78 is 5.48. The SMILES string of the molecule is CCOc1ccc(NC2CCC(N)CC2)cc1CO. The predicted molar refractivity (Wildman–Crippen MR) is 77.4 cm³/mol. The summed E-state index contributed by atoms with van der Waals surface area (Å²) in [5.41, 5.74) is 7.79. The average molecular weight is 264 g/mol. The number of rotatable bonds is 5. The van der Waals surface area contributed by atoms with E-state index in [1.54, 1.807) is 0 Å². The summed E-state index contributed by atoms with van der Waals surface area (Å²) in [6.07, 6.45) is 4.40. The maximum atomic E-state index is 9.39. The highest BCUT2D eigenvalue weighted by atomic mass is 16.5. The molecule has 106 valence electrons. The van der Waals surface area contributed by atoms with Crippen LogP contribution in [0.25, 0.3) is 0 Å². The average Bonchev–Trinajstić information content (AvgIpc) is 2.43.